The van der Waals surface area contributed by atoms with E-state index in [1.807, 2.05) is 24.3 Å². The number of sulfonamides is 1. The summed E-state index contributed by atoms with van der Waals surface area (Å²) in [7, 11) is -3.59. The fraction of sp³-hybridized carbons (Fsp3) is 0.286. The van der Waals surface area contributed by atoms with E-state index in [4.69, 9.17) is 0 Å². The molecule has 0 bridgehead atoms. The van der Waals surface area contributed by atoms with E-state index >= 15 is 0 Å². The first kappa shape index (κ1) is 19.5. The van der Waals surface area contributed by atoms with Gasteiger partial charge in [0.1, 0.15) is 0 Å². The smallest absolute Gasteiger partial charge is 0.241 e. The summed E-state index contributed by atoms with van der Waals surface area (Å²) >= 11 is 0. The number of nitrogens with zero attached hydrogens (tertiary/aromatic N) is 2. The fourth-order valence-electron chi connectivity index (χ4n) is 3.07. The molecule has 3 aromatic rings. The molecule has 1 aromatic heterocycles. The number of aromatic nitrogens is 1. The highest BCUT2D eigenvalue weighted by atomic mass is 32.2. The minimum Gasteiger partial charge on any atom is -0.295 e. The average Bonchev–Trinajstić information content (AvgIpc) is 2.67. The molecule has 0 saturated heterocycles. The summed E-state index contributed by atoms with van der Waals surface area (Å²) in [6.07, 6.45) is 3.29. The first-order chi connectivity index (χ1) is 13.0. The molecule has 1 N–H and O–H groups in total. The number of pyridine rings is 1. The molecule has 1 heterocycles. The topological polar surface area (TPSA) is 62.3 Å². The van der Waals surface area contributed by atoms with E-state index in [0.717, 1.165) is 11.9 Å². The van der Waals surface area contributed by atoms with Gasteiger partial charge in [-0.1, -0.05) is 42.5 Å². The molecule has 0 spiro atoms. The van der Waals surface area contributed by atoms with Gasteiger partial charge in [0.15, 0.2) is 0 Å². The first-order valence-electron chi connectivity index (χ1n) is 9.08. The zero-order valence-electron chi connectivity index (χ0n) is 15.7. The third-order valence-corrected chi connectivity index (χ3v) is 6.10. The lowest BCUT2D eigenvalue weighted by molar-refractivity contribution is 0.217. The summed E-state index contributed by atoms with van der Waals surface area (Å²) in [5.74, 6) is 0. The molecule has 27 heavy (non-hydrogen) atoms. The van der Waals surface area contributed by atoms with Gasteiger partial charge in [0.2, 0.25) is 10.0 Å². The molecule has 0 amide bonds. The number of nitrogens with one attached hydrogen (secondary N) is 1. The summed E-state index contributed by atoms with van der Waals surface area (Å²) in [4.78, 5) is 6.61. The van der Waals surface area contributed by atoms with Crippen LogP contribution in [0.1, 0.15) is 19.4 Å². The van der Waals surface area contributed by atoms with Gasteiger partial charge in [-0.3, -0.25) is 9.88 Å². The maximum absolute atomic E-state index is 12.8. The number of benzene rings is 2. The minimum absolute atomic E-state index is 0.293. The van der Waals surface area contributed by atoms with E-state index in [2.05, 4.69) is 40.6 Å². The van der Waals surface area contributed by atoms with E-state index in [-0.39, 0.29) is 0 Å². The molecule has 0 atom stereocenters. The third-order valence-electron chi connectivity index (χ3n) is 4.58. The van der Waals surface area contributed by atoms with Crippen LogP contribution >= 0.6 is 0 Å². The number of hydrogen-bond donors (Lipinski definition) is 1. The van der Waals surface area contributed by atoms with Crippen molar-refractivity contribution in [2.24, 2.45) is 0 Å². The largest absolute Gasteiger partial charge is 0.295 e. The second-order valence-corrected chi connectivity index (χ2v) is 8.54. The van der Waals surface area contributed by atoms with Crippen molar-refractivity contribution in [3.8, 4) is 0 Å². The molecule has 142 valence electrons. The number of rotatable bonds is 8. The van der Waals surface area contributed by atoms with Crippen LogP contribution in [0.3, 0.4) is 0 Å². The Hall–Kier alpha value is -2.28. The molecule has 0 radical (unpaired) electrons. The van der Waals surface area contributed by atoms with E-state index in [0.29, 0.717) is 29.4 Å². The lowest BCUT2D eigenvalue weighted by atomic mass is 10.2. The Labute approximate surface area is 161 Å². The van der Waals surface area contributed by atoms with Crippen molar-refractivity contribution >= 4 is 20.8 Å². The number of hydrogen-bond acceptors (Lipinski definition) is 4. The molecular formula is C21H25N3O2S. The van der Waals surface area contributed by atoms with Crippen molar-refractivity contribution in [3.05, 3.63) is 72.6 Å². The van der Waals surface area contributed by atoms with Crippen LogP contribution in [0, 0.1) is 0 Å². The molecule has 3 rings (SSSR count). The SMILES string of the molecule is CC(C)N(CCNS(=O)(=O)c1cccc2cnccc12)Cc1ccccc1. The standard InChI is InChI=1S/C21H25N3O2S/c1-17(2)24(16-18-7-4-3-5-8-18)14-13-23-27(25,26)21-10-6-9-19-15-22-12-11-20(19)21/h3-12,15,17,23H,13-14,16H2,1-2H3. The van der Waals surface area contributed by atoms with E-state index in [1.54, 1.807) is 30.6 Å². The quantitative estimate of drug-likeness (QED) is 0.647. The van der Waals surface area contributed by atoms with Gasteiger partial charge >= 0.3 is 0 Å². The molecule has 2 aromatic carbocycles. The first-order valence-corrected chi connectivity index (χ1v) is 10.6. The summed E-state index contributed by atoms with van der Waals surface area (Å²) in [6.45, 7) is 6.03. The van der Waals surface area contributed by atoms with Crippen molar-refractivity contribution in [2.75, 3.05) is 13.1 Å². The van der Waals surface area contributed by atoms with Crippen LogP contribution < -0.4 is 4.72 Å². The monoisotopic (exact) mass is 383 g/mol. The molecule has 0 fully saturated rings. The Kier molecular flexibility index (Phi) is 6.21. The molecule has 0 saturated carbocycles. The van der Waals surface area contributed by atoms with Crippen LogP contribution in [0.15, 0.2) is 71.9 Å². The Balaban J connectivity index is 1.69. The molecule has 0 aliphatic carbocycles. The zero-order valence-corrected chi connectivity index (χ0v) is 16.5. The second-order valence-electron chi connectivity index (χ2n) is 6.80. The summed E-state index contributed by atoms with van der Waals surface area (Å²) in [5.41, 5.74) is 1.22. The van der Waals surface area contributed by atoms with Gasteiger partial charge in [-0.2, -0.15) is 0 Å². The second kappa shape index (κ2) is 8.61. The summed E-state index contributed by atoms with van der Waals surface area (Å²) < 4.78 is 28.4. The average molecular weight is 384 g/mol. The van der Waals surface area contributed by atoms with E-state index in [9.17, 15) is 8.42 Å². The van der Waals surface area contributed by atoms with Crippen molar-refractivity contribution < 1.29 is 8.42 Å². The third kappa shape index (κ3) is 4.91. The van der Waals surface area contributed by atoms with Gasteiger partial charge in [-0.25, -0.2) is 13.1 Å². The van der Waals surface area contributed by atoms with Crippen molar-refractivity contribution in [3.63, 3.8) is 0 Å². The van der Waals surface area contributed by atoms with E-state index < -0.39 is 10.0 Å². The molecular weight excluding hydrogens is 358 g/mol. The fourth-order valence-corrected chi connectivity index (χ4v) is 4.31. The lowest BCUT2D eigenvalue weighted by Gasteiger charge is -2.26. The van der Waals surface area contributed by atoms with Gasteiger partial charge in [0, 0.05) is 48.8 Å². The summed E-state index contributed by atoms with van der Waals surface area (Å²) in [5, 5.41) is 1.50. The maximum Gasteiger partial charge on any atom is 0.241 e. The predicted molar refractivity (Wildman–Crippen MR) is 109 cm³/mol. The molecule has 0 unspecified atom stereocenters. The molecule has 0 aliphatic heterocycles. The van der Waals surface area contributed by atoms with Crippen LogP contribution in [0.4, 0.5) is 0 Å². The molecule has 0 aliphatic rings. The van der Waals surface area contributed by atoms with Gasteiger partial charge < -0.3 is 0 Å². The van der Waals surface area contributed by atoms with Crippen LogP contribution in [0.2, 0.25) is 0 Å². The maximum atomic E-state index is 12.8. The van der Waals surface area contributed by atoms with Crippen LogP contribution in [0.25, 0.3) is 10.8 Å². The van der Waals surface area contributed by atoms with Crippen LogP contribution in [0.5, 0.6) is 0 Å². The Morgan fingerprint density at radius 1 is 1.04 bits per heavy atom. The molecule has 6 heteroatoms. The predicted octanol–water partition coefficient (Wildman–Crippen LogP) is 3.42. The highest BCUT2D eigenvalue weighted by Gasteiger charge is 2.18. The van der Waals surface area contributed by atoms with Gasteiger partial charge in [0.25, 0.3) is 0 Å². The van der Waals surface area contributed by atoms with Gasteiger partial charge in [-0.05, 0) is 31.5 Å². The van der Waals surface area contributed by atoms with Gasteiger partial charge in [-0.15, -0.1) is 0 Å². The Bertz CT molecular complexity index is 983. The van der Waals surface area contributed by atoms with Crippen molar-refractivity contribution in [2.45, 2.75) is 31.3 Å². The van der Waals surface area contributed by atoms with E-state index in [1.165, 1.54) is 5.56 Å². The van der Waals surface area contributed by atoms with Gasteiger partial charge in [0.05, 0.1) is 4.90 Å². The van der Waals surface area contributed by atoms with Crippen molar-refractivity contribution in [1.29, 1.82) is 0 Å². The Morgan fingerprint density at radius 2 is 1.81 bits per heavy atom. The minimum atomic E-state index is -3.59. The molecule has 5 nitrogen and oxygen atoms in total. The highest BCUT2D eigenvalue weighted by Crippen LogP contribution is 2.21. The van der Waals surface area contributed by atoms with Crippen LogP contribution in [-0.4, -0.2) is 37.4 Å². The van der Waals surface area contributed by atoms with Crippen LogP contribution in [-0.2, 0) is 16.6 Å². The normalized spacial score (nSPS) is 12.1. The Morgan fingerprint density at radius 3 is 2.56 bits per heavy atom. The zero-order chi connectivity index (χ0) is 19.3. The lowest BCUT2D eigenvalue weighted by Crippen LogP contribution is -2.38. The number of fused-ring (bicyclic) bond motifs is 1. The summed E-state index contributed by atoms with van der Waals surface area (Å²) in [6, 6.07) is 17.5. The highest BCUT2D eigenvalue weighted by molar-refractivity contribution is 7.89. The van der Waals surface area contributed by atoms with Crippen molar-refractivity contribution in [1.82, 2.24) is 14.6 Å².